The zero-order valence-electron chi connectivity index (χ0n) is 12.1. The zero-order valence-corrected chi connectivity index (χ0v) is 13.8. The molecule has 1 saturated heterocycles. The van der Waals surface area contributed by atoms with Crippen molar-refractivity contribution in [3.8, 4) is 0 Å². The molecule has 0 bridgehead atoms. The minimum atomic E-state index is -3.18. The molecule has 9 heteroatoms. The van der Waals surface area contributed by atoms with Gasteiger partial charge in [0.1, 0.15) is 0 Å². The van der Waals surface area contributed by atoms with Crippen LogP contribution >= 0.6 is 11.3 Å². The second-order valence-corrected chi connectivity index (χ2v) is 8.01. The SMILES string of the molecule is Cc1nc(CNC(=O)N2CCC(NS(C)(=O)=O)CC2)cs1. The van der Waals surface area contributed by atoms with Gasteiger partial charge in [-0.05, 0) is 19.8 Å². The Morgan fingerprint density at radius 2 is 2.14 bits per heavy atom. The summed E-state index contributed by atoms with van der Waals surface area (Å²) < 4.78 is 24.9. The van der Waals surface area contributed by atoms with Gasteiger partial charge in [0.05, 0.1) is 23.5 Å². The van der Waals surface area contributed by atoms with Crippen molar-refractivity contribution >= 4 is 27.4 Å². The molecule has 118 valence electrons. The number of carbonyl (C=O) groups is 1. The Kier molecular flexibility index (Phi) is 5.17. The minimum absolute atomic E-state index is 0.0785. The first-order chi connectivity index (χ1) is 9.83. The summed E-state index contributed by atoms with van der Waals surface area (Å²) in [5.74, 6) is 0. The van der Waals surface area contributed by atoms with Gasteiger partial charge in [-0.1, -0.05) is 0 Å². The molecule has 21 heavy (non-hydrogen) atoms. The average Bonchev–Trinajstić information content (AvgIpc) is 2.81. The van der Waals surface area contributed by atoms with E-state index in [-0.39, 0.29) is 12.1 Å². The Morgan fingerprint density at radius 3 is 2.67 bits per heavy atom. The van der Waals surface area contributed by atoms with Crippen molar-refractivity contribution in [2.45, 2.75) is 32.4 Å². The molecule has 0 spiro atoms. The number of piperidine rings is 1. The number of nitrogens with zero attached hydrogens (tertiary/aromatic N) is 2. The summed E-state index contributed by atoms with van der Waals surface area (Å²) in [6.07, 6.45) is 2.43. The first-order valence-electron chi connectivity index (χ1n) is 6.74. The van der Waals surface area contributed by atoms with E-state index < -0.39 is 10.0 Å². The van der Waals surface area contributed by atoms with Gasteiger partial charge in [-0.25, -0.2) is 22.9 Å². The third-order valence-electron chi connectivity index (χ3n) is 3.25. The normalized spacial score (nSPS) is 17.0. The monoisotopic (exact) mass is 332 g/mol. The van der Waals surface area contributed by atoms with Gasteiger partial charge in [-0.3, -0.25) is 0 Å². The van der Waals surface area contributed by atoms with Gasteiger partial charge in [0, 0.05) is 24.5 Å². The van der Waals surface area contributed by atoms with E-state index in [1.54, 1.807) is 16.2 Å². The number of hydrogen-bond donors (Lipinski definition) is 2. The molecule has 0 saturated carbocycles. The molecule has 2 heterocycles. The second kappa shape index (κ2) is 6.71. The molecule has 0 unspecified atom stereocenters. The number of sulfonamides is 1. The zero-order chi connectivity index (χ0) is 15.5. The molecule has 7 nitrogen and oxygen atoms in total. The lowest BCUT2D eigenvalue weighted by molar-refractivity contribution is 0.179. The number of urea groups is 1. The Balaban J connectivity index is 1.75. The standard InChI is InChI=1S/C12H20N4O3S2/c1-9-14-11(8-20-9)7-13-12(17)16-5-3-10(4-6-16)15-21(2,18)19/h8,10,15H,3-7H2,1-2H3,(H,13,17). The second-order valence-electron chi connectivity index (χ2n) is 5.17. The third-order valence-corrected chi connectivity index (χ3v) is 4.83. The largest absolute Gasteiger partial charge is 0.332 e. The summed E-state index contributed by atoms with van der Waals surface area (Å²) in [7, 11) is -3.18. The molecule has 2 amide bonds. The number of aryl methyl sites for hydroxylation is 1. The summed E-state index contributed by atoms with van der Waals surface area (Å²) in [6, 6.07) is -0.205. The van der Waals surface area contributed by atoms with Crippen LogP contribution in [0.5, 0.6) is 0 Å². The smallest absolute Gasteiger partial charge is 0.317 e. The Hall–Kier alpha value is -1.19. The number of thiazole rings is 1. The predicted molar refractivity (Wildman–Crippen MR) is 81.7 cm³/mol. The first-order valence-corrected chi connectivity index (χ1v) is 9.51. The van der Waals surface area contributed by atoms with E-state index in [9.17, 15) is 13.2 Å². The van der Waals surface area contributed by atoms with E-state index in [2.05, 4.69) is 15.0 Å². The van der Waals surface area contributed by atoms with E-state index >= 15 is 0 Å². The highest BCUT2D eigenvalue weighted by Crippen LogP contribution is 2.12. The van der Waals surface area contributed by atoms with E-state index in [0.29, 0.717) is 32.5 Å². The Bertz CT molecular complexity index is 591. The maximum absolute atomic E-state index is 12.0. The number of likely N-dealkylation sites (tertiary alicyclic amines) is 1. The molecule has 1 aromatic heterocycles. The van der Waals surface area contributed by atoms with Gasteiger partial charge in [0.25, 0.3) is 0 Å². The minimum Gasteiger partial charge on any atom is -0.332 e. The molecule has 2 rings (SSSR count). The topological polar surface area (TPSA) is 91.4 Å². The summed E-state index contributed by atoms with van der Waals surface area (Å²) in [5.41, 5.74) is 0.861. The van der Waals surface area contributed by atoms with Crippen LogP contribution in [0.3, 0.4) is 0 Å². The van der Waals surface area contributed by atoms with Crippen LogP contribution in [0.1, 0.15) is 23.5 Å². The van der Waals surface area contributed by atoms with Crippen LogP contribution in [0, 0.1) is 6.92 Å². The highest BCUT2D eigenvalue weighted by atomic mass is 32.2. The van der Waals surface area contributed by atoms with Crippen LogP contribution < -0.4 is 10.0 Å². The van der Waals surface area contributed by atoms with Gasteiger partial charge in [-0.15, -0.1) is 11.3 Å². The van der Waals surface area contributed by atoms with Gasteiger partial charge in [0.2, 0.25) is 10.0 Å². The molecule has 1 aliphatic heterocycles. The van der Waals surface area contributed by atoms with Crippen molar-refractivity contribution in [3.63, 3.8) is 0 Å². The van der Waals surface area contributed by atoms with Crippen LogP contribution in [0.15, 0.2) is 5.38 Å². The molecular weight excluding hydrogens is 312 g/mol. The van der Waals surface area contributed by atoms with Crippen molar-refractivity contribution in [1.29, 1.82) is 0 Å². The number of hydrogen-bond acceptors (Lipinski definition) is 5. The highest BCUT2D eigenvalue weighted by molar-refractivity contribution is 7.88. The van der Waals surface area contributed by atoms with E-state index in [0.717, 1.165) is 17.0 Å². The van der Waals surface area contributed by atoms with Crippen molar-refractivity contribution in [2.75, 3.05) is 19.3 Å². The van der Waals surface area contributed by atoms with Crippen LogP contribution in [0.4, 0.5) is 4.79 Å². The van der Waals surface area contributed by atoms with E-state index in [1.165, 1.54) is 0 Å². The maximum atomic E-state index is 12.0. The van der Waals surface area contributed by atoms with Crippen molar-refractivity contribution in [2.24, 2.45) is 0 Å². The van der Waals surface area contributed by atoms with Crippen molar-refractivity contribution in [1.82, 2.24) is 19.9 Å². The first kappa shape index (κ1) is 16.2. The predicted octanol–water partition coefficient (Wildman–Crippen LogP) is 0.675. The third kappa shape index (κ3) is 5.25. The molecule has 0 atom stereocenters. The van der Waals surface area contributed by atoms with Gasteiger partial charge < -0.3 is 10.2 Å². The molecule has 0 aromatic carbocycles. The number of aromatic nitrogens is 1. The average molecular weight is 332 g/mol. The van der Waals surface area contributed by atoms with Gasteiger partial charge in [0.15, 0.2) is 0 Å². The summed E-state index contributed by atoms with van der Waals surface area (Å²) >= 11 is 1.56. The Morgan fingerprint density at radius 1 is 1.48 bits per heavy atom. The van der Waals surface area contributed by atoms with E-state index in [1.807, 2.05) is 12.3 Å². The van der Waals surface area contributed by atoms with Crippen LogP contribution in [0.2, 0.25) is 0 Å². The molecule has 1 aliphatic rings. The summed E-state index contributed by atoms with van der Waals surface area (Å²) in [4.78, 5) is 18.0. The molecule has 0 aliphatic carbocycles. The fourth-order valence-electron chi connectivity index (χ4n) is 2.27. The van der Waals surface area contributed by atoms with Gasteiger partial charge in [-0.2, -0.15) is 0 Å². The molecule has 1 aromatic rings. The highest BCUT2D eigenvalue weighted by Gasteiger charge is 2.24. The number of rotatable bonds is 4. The van der Waals surface area contributed by atoms with Crippen molar-refractivity contribution in [3.05, 3.63) is 16.1 Å². The van der Waals surface area contributed by atoms with E-state index in [4.69, 9.17) is 0 Å². The van der Waals surface area contributed by atoms with Crippen molar-refractivity contribution < 1.29 is 13.2 Å². The fraction of sp³-hybridized carbons (Fsp3) is 0.667. The maximum Gasteiger partial charge on any atom is 0.317 e. The quantitative estimate of drug-likeness (QED) is 0.848. The Labute approximate surface area is 128 Å². The van der Waals surface area contributed by atoms with Crippen LogP contribution in [-0.4, -0.2) is 49.7 Å². The van der Waals surface area contributed by atoms with Crippen LogP contribution in [0.25, 0.3) is 0 Å². The number of amides is 2. The molecule has 2 N–H and O–H groups in total. The molecule has 1 fully saturated rings. The fourth-order valence-corrected chi connectivity index (χ4v) is 3.72. The lowest BCUT2D eigenvalue weighted by atomic mass is 10.1. The molecular formula is C12H20N4O3S2. The summed E-state index contributed by atoms with van der Waals surface area (Å²) in [5, 5.41) is 5.74. The number of carbonyl (C=O) groups excluding carboxylic acids is 1. The summed E-state index contributed by atoms with van der Waals surface area (Å²) in [6.45, 7) is 3.45. The molecule has 0 radical (unpaired) electrons. The lowest BCUT2D eigenvalue weighted by Gasteiger charge is -2.31. The van der Waals surface area contributed by atoms with Crippen LogP contribution in [-0.2, 0) is 16.6 Å². The lowest BCUT2D eigenvalue weighted by Crippen LogP contribution is -2.49. The van der Waals surface area contributed by atoms with Gasteiger partial charge >= 0.3 is 6.03 Å². The number of nitrogens with one attached hydrogen (secondary N) is 2.